The topological polar surface area (TPSA) is 90.0 Å². The molecule has 0 N–H and O–H groups in total. The van der Waals surface area contributed by atoms with Crippen LogP contribution >= 0.6 is 0 Å². The predicted molar refractivity (Wildman–Crippen MR) is 53.5 cm³/mol. The van der Waals surface area contributed by atoms with E-state index in [2.05, 4.69) is 9.47 Å². The Hall–Kier alpha value is -2.18. The Labute approximate surface area is 97.0 Å². The fourth-order valence-electron chi connectivity index (χ4n) is 1.11. The summed E-state index contributed by atoms with van der Waals surface area (Å²) in [5.74, 6) is -1.97. The highest BCUT2D eigenvalue weighted by Gasteiger charge is 2.33. The second kappa shape index (κ2) is 5.78. The van der Waals surface area contributed by atoms with E-state index in [0.29, 0.717) is 0 Å². The van der Waals surface area contributed by atoms with Gasteiger partial charge in [0.2, 0.25) is 11.8 Å². The van der Waals surface area contributed by atoms with Crippen LogP contribution in [0.15, 0.2) is 12.2 Å². The maximum absolute atomic E-state index is 11.0. The standard InChI is InChI=1S/C10H11NO6/c1-16-9(14)2-3-10(15)17-5-4-11-7(12)6-8(11)13/h2-3H,4-6H2,1H3/b3-2+. The average molecular weight is 241 g/mol. The van der Waals surface area contributed by atoms with Gasteiger partial charge >= 0.3 is 11.9 Å². The first-order valence-corrected chi connectivity index (χ1v) is 4.80. The zero-order valence-corrected chi connectivity index (χ0v) is 9.17. The first-order chi connectivity index (χ1) is 8.04. The fourth-order valence-corrected chi connectivity index (χ4v) is 1.11. The molecule has 0 aliphatic carbocycles. The van der Waals surface area contributed by atoms with Gasteiger partial charge in [0.25, 0.3) is 0 Å². The van der Waals surface area contributed by atoms with Crippen molar-refractivity contribution in [3.05, 3.63) is 12.2 Å². The molecule has 2 amide bonds. The highest BCUT2D eigenvalue weighted by Crippen LogP contribution is 2.09. The summed E-state index contributed by atoms with van der Waals surface area (Å²) in [7, 11) is 1.18. The van der Waals surface area contributed by atoms with Crippen molar-refractivity contribution in [3.63, 3.8) is 0 Å². The van der Waals surface area contributed by atoms with Crippen LogP contribution < -0.4 is 0 Å². The summed E-state index contributed by atoms with van der Waals surface area (Å²) in [4.78, 5) is 44.4. The smallest absolute Gasteiger partial charge is 0.331 e. The lowest BCUT2D eigenvalue weighted by atomic mass is 10.2. The number of esters is 2. The van der Waals surface area contributed by atoms with Gasteiger partial charge in [0.15, 0.2) is 0 Å². The van der Waals surface area contributed by atoms with Gasteiger partial charge in [-0.3, -0.25) is 14.5 Å². The number of hydrogen-bond donors (Lipinski definition) is 0. The van der Waals surface area contributed by atoms with Crippen LogP contribution in [0, 0.1) is 0 Å². The van der Waals surface area contributed by atoms with E-state index in [1.165, 1.54) is 7.11 Å². The molecular formula is C10H11NO6. The van der Waals surface area contributed by atoms with Gasteiger partial charge in [0.1, 0.15) is 13.0 Å². The van der Waals surface area contributed by atoms with Crippen LogP contribution in [0.2, 0.25) is 0 Å². The van der Waals surface area contributed by atoms with Crippen LogP contribution in [-0.2, 0) is 28.7 Å². The second-order valence-electron chi connectivity index (χ2n) is 3.14. The molecule has 92 valence electrons. The van der Waals surface area contributed by atoms with Gasteiger partial charge in [-0.1, -0.05) is 0 Å². The highest BCUT2D eigenvalue weighted by molar-refractivity contribution is 6.14. The number of methoxy groups -OCH3 is 1. The maximum Gasteiger partial charge on any atom is 0.331 e. The number of β-lactam (4-membered cyclic amide) rings is 2. The van der Waals surface area contributed by atoms with Gasteiger partial charge in [-0.25, -0.2) is 9.59 Å². The third-order valence-electron chi connectivity index (χ3n) is 2.02. The molecule has 1 aliphatic rings. The molecule has 1 heterocycles. The van der Waals surface area contributed by atoms with Gasteiger partial charge in [0, 0.05) is 12.2 Å². The molecule has 17 heavy (non-hydrogen) atoms. The van der Waals surface area contributed by atoms with Gasteiger partial charge in [-0.2, -0.15) is 0 Å². The van der Waals surface area contributed by atoms with E-state index in [-0.39, 0.29) is 31.4 Å². The first kappa shape index (κ1) is 12.9. The van der Waals surface area contributed by atoms with Crippen molar-refractivity contribution in [2.75, 3.05) is 20.3 Å². The zero-order valence-electron chi connectivity index (χ0n) is 9.17. The van der Waals surface area contributed by atoms with E-state index in [1.807, 2.05) is 0 Å². The Balaban J connectivity index is 2.20. The van der Waals surface area contributed by atoms with Gasteiger partial charge in [-0.05, 0) is 0 Å². The Morgan fingerprint density at radius 1 is 1.24 bits per heavy atom. The molecule has 0 unspecified atom stereocenters. The minimum atomic E-state index is -0.740. The molecular weight excluding hydrogens is 230 g/mol. The van der Waals surface area contributed by atoms with E-state index in [0.717, 1.165) is 17.1 Å². The minimum Gasteiger partial charge on any atom is -0.466 e. The van der Waals surface area contributed by atoms with Crippen molar-refractivity contribution in [3.8, 4) is 0 Å². The van der Waals surface area contributed by atoms with Gasteiger partial charge in [0.05, 0.1) is 13.7 Å². The molecule has 0 aromatic heterocycles. The molecule has 0 aromatic rings. The lowest BCUT2D eigenvalue weighted by Gasteiger charge is -2.27. The number of imide groups is 1. The summed E-state index contributed by atoms with van der Waals surface area (Å²) in [6, 6.07) is 0. The van der Waals surface area contributed by atoms with Crippen LogP contribution in [0.3, 0.4) is 0 Å². The van der Waals surface area contributed by atoms with Crippen molar-refractivity contribution in [1.82, 2.24) is 4.90 Å². The molecule has 0 spiro atoms. The maximum atomic E-state index is 11.0. The molecule has 7 heteroatoms. The largest absolute Gasteiger partial charge is 0.466 e. The first-order valence-electron chi connectivity index (χ1n) is 4.80. The normalized spacial score (nSPS) is 14.8. The fraction of sp³-hybridized carbons (Fsp3) is 0.400. The van der Waals surface area contributed by atoms with Crippen molar-refractivity contribution >= 4 is 23.8 Å². The Bertz CT molecular complexity index is 372. The van der Waals surface area contributed by atoms with Crippen molar-refractivity contribution in [2.24, 2.45) is 0 Å². The second-order valence-corrected chi connectivity index (χ2v) is 3.14. The van der Waals surface area contributed by atoms with E-state index < -0.39 is 11.9 Å². The Morgan fingerprint density at radius 3 is 2.35 bits per heavy atom. The lowest BCUT2D eigenvalue weighted by Crippen LogP contribution is -2.50. The number of carbonyl (C=O) groups excluding carboxylic acids is 4. The predicted octanol–water partition coefficient (Wildman–Crippen LogP) is -0.982. The minimum absolute atomic E-state index is 0.0372. The average Bonchev–Trinajstić information content (AvgIpc) is 2.31. The molecule has 1 aliphatic heterocycles. The Kier molecular flexibility index (Phi) is 4.38. The monoisotopic (exact) mass is 241 g/mol. The van der Waals surface area contributed by atoms with E-state index in [1.54, 1.807) is 0 Å². The number of hydrogen-bond acceptors (Lipinski definition) is 6. The number of likely N-dealkylation sites (tertiary alicyclic amines) is 1. The summed E-state index contributed by atoms with van der Waals surface area (Å²) < 4.78 is 8.93. The van der Waals surface area contributed by atoms with Crippen LogP contribution in [-0.4, -0.2) is 48.9 Å². The molecule has 1 rings (SSSR count). The third kappa shape index (κ3) is 3.71. The quantitative estimate of drug-likeness (QED) is 0.266. The molecule has 0 aromatic carbocycles. The Morgan fingerprint density at radius 2 is 1.82 bits per heavy atom. The zero-order chi connectivity index (χ0) is 12.8. The summed E-state index contributed by atoms with van der Waals surface area (Å²) in [5, 5.41) is 0. The molecule has 0 bridgehead atoms. The molecule has 0 radical (unpaired) electrons. The van der Waals surface area contributed by atoms with Crippen molar-refractivity contribution in [1.29, 1.82) is 0 Å². The molecule has 1 saturated heterocycles. The molecule has 7 nitrogen and oxygen atoms in total. The number of ether oxygens (including phenoxy) is 2. The lowest BCUT2D eigenvalue weighted by molar-refractivity contribution is -0.159. The van der Waals surface area contributed by atoms with E-state index in [9.17, 15) is 19.2 Å². The molecule has 1 fully saturated rings. The SMILES string of the molecule is COC(=O)/C=C/C(=O)OCCN1C(=O)CC1=O. The summed E-state index contributed by atoms with van der Waals surface area (Å²) >= 11 is 0. The molecule has 0 saturated carbocycles. The van der Waals surface area contributed by atoms with Crippen LogP contribution in [0.1, 0.15) is 6.42 Å². The van der Waals surface area contributed by atoms with Crippen LogP contribution in [0.4, 0.5) is 0 Å². The highest BCUT2D eigenvalue weighted by atomic mass is 16.5. The van der Waals surface area contributed by atoms with Gasteiger partial charge in [-0.15, -0.1) is 0 Å². The molecule has 0 atom stereocenters. The van der Waals surface area contributed by atoms with E-state index in [4.69, 9.17) is 0 Å². The van der Waals surface area contributed by atoms with Crippen molar-refractivity contribution < 1.29 is 28.7 Å². The number of rotatable bonds is 5. The number of carbonyl (C=O) groups is 4. The number of nitrogens with zero attached hydrogens (tertiary/aromatic N) is 1. The van der Waals surface area contributed by atoms with Crippen LogP contribution in [0.25, 0.3) is 0 Å². The summed E-state index contributed by atoms with van der Waals surface area (Å²) in [6.45, 7) is -0.0582. The van der Waals surface area contributed by atoms with Gasteiger partial charge < -0.3 is 9.47 Å². The third-order valence-corrected chi connectivity index (χ3v) is 2.02. The summed E-state index contributed by atoms with van der Waals surface area (Å²) in [6.07, 6.45) is 1.74. The van der Waals surface area contributed by atoms with Crippen LogP contribution in [0.5, 0.6) is 0 Å². The summed E-state index contributed by atoms with van der Waals surface area (Å²) in [5.41, 5.74) is 0. The van der Waals surface area contributed by atoms with Crippen molar-refractivity contribution in [2.45, 2.75) is 6.42 Å². The number of amides is 2. The van der Waals surface area contributed by atoms with E-state index >= 15 is 0 Å².